The second-order valence-corrected chi connectivity index (χ2v) is 8.14. The first-order valence-electron chi connectivity index (χ1n) is 6.72. The number of primary sulfonamides is 1. The summed E-state index contributed by atoms with van der Waals surface area (Å²) < 4.78 is 22.4. The normalized spacial score (nSPS) is 11.2. The number of halogens is 1. The first-order valence-corrected chi connectivity index (χ1v) is 9.46. The van der Waals surface area contributed by atoms with Crippen molar-refractivity contribution in [3.8, 4) is 0 Å². The van der Waals surface area contributed by atoms with Gasteiger partial charge in [0, 0.05) is 16.4 Å². The van der Waals surface area contributed by atoms with Crippen LogP contribution in [-0.4, -0.2) is 21.0 Å². The van der Waals surface area contributed by atoms with Crippen molar-refractivity contribution in [3.05, 3.63) is 51.9 Å². The Bertz CT molecular complexity index is 773. The number of nitrogens with two attached hydrogens (primary N) is 1. The predicted octanol–water partition coefficient (Wildman–Crippen LogP) is 2.09. The van der Waals surface area contributed by atoms with E-state index in [1.165, 1.54) is 6.07 Å². The van der Waals surface area contributed by atoms with E-state index in [0.717, 1.165) is 16.9 Å². The van der Waals surface area contributed by atoms with Gasteiger partial charge in [0.2, 0.25) is 10.0 Å². The number of thiophene rings is 1. The smallest absolute Gasteiger partial charge is 0.315 e. The first kappa shape index (κ1) is 17.7. The molecule has 0 unspecified atom stereocenters. The molecule has 0 fully saturated rings. The van der Waals surface area contributed by atoms with Gasteiger partial charge in [-0.25, -0.2) is 18.4 Å². The maximum absolute atomic E-state index is 11.7. The number of carbonyl (C=O) groups excluding carboxylic acids is 1. The lowest BCUT2D eigenvalue weighted by Gasteiger charge is -2.07. The molecule has 0 spiro atoms. The summed E-state index contributed by atoms with van der Waals surface area (Å²) in [6, 6.07) is 10.1. The van der Waals surface area contributed by atoms with E-state index in [1.54, 1.807) is 18.2 Å². The van der Waals surface area contributed by atoms with Gasteiger partial charge in [-0.3, -0.25) is 0 Å². The molecule has 0 aliphatic carbocycles. The second-order valence-electron chi connectivity index (χ2n) is 4.75. The van der Waals surface area contributed by atoms with E-state index in [9.17, 15) is 13.2 Å². The van der Waals surface area contributed by atoms with Crippen LogP contribution in [0.3, 0.4) is 0 Å². The molecule has 0 radical (unpaired) electrons. The molecule has 0 bridgehead atoms. The molecule has 23 heavy (non-hydrogen) atoms. The lowest BCUT2D eigenvalue weighted by atomic mass is 10.1. The van der Waals surface area contributed by atoms with Gasteiger partial charge in [0.25, 0.3) is 0 Å². The van der Waals surface area contributed by atoms with Crippen LogP contribution in [0.25, 0.3) is 0 Å². The molecule has 0 saturated heterocycles. The van der Waals surface area contributed by atoms with Gasteiger partial charge in [-0.1, -0.05) is 23.7 Å². The summed E-state index contributed by atoms with van der Waals surface area (Å²) in [5, 5.41) is 11.1. The van der Waals surface area contributed by atoms with E-state index in [2.05, 4.69) is 10.6 Å². The molecule has 9 heteroatoms. The Kier molecular flexibility index (Phi) is 6.00. The number of sulfonamides is 1. The highest BCUT2D eigenvalue weighted by Crippen LogP contribution is 2.19. The molecule has 0 atom stereocenters. The lowest BCUT2D eigenvalue weighted by molar-refractivity contribution is 0.240. The molecule has 0 aliphatic heterocycles. The molecule has 124 valence electrons. The monoisotopic (exact) mass is 373 g/mol. The van der Waals surface area contributed by atoms with Gasteiger partial charge >= 0.3 is 6.03 Å². The maximum Gasteiger partial charge on any atom is 0.315 e. The van der Waals surface area contributed by atoms with Crippen LogP contribution in [0.5, 0.6) is 0 Å². The van der Waals surface area contributed by atoms with Gasteiger partial charge in [0.05, 0.1) is 6.54 Å². The molecule has 1 aromatic heterocycles. The van der Waals surface area contributed by atoms with Gasteiger partial charge in [0.15, 0.2) is 0 Å². The second kappa shape index (κ2) is 7.78. The fourth-order valence-corrected chi connectivity index (χ4v) is 3.65. The number of rotatable bonds is 6. The Morgan fingerprint density at radius 3 is 2.43 bits per heavy atom. The summed E-state index contributed by atoms with van der Waals surface area (Å²) in [5.41, 5.74) is 1.07. The molecular formula is C14H16ClN3O3S2. The number of benzene rings is 1. The van der Waals surface area contributed by atoms with Crippen LogP contribution in [-0.2, 0) is 23.0 Å². The average Bonchev–Trinajstić information content (AvgIpc) is 2.96. The number of hydrogen-bond donors (Lipinski definition) is 3. The van der Waals surface area contributed by atoms with Crippen LogP contribution in [0.15, 0.2) is 40.6 Å². The van der Waals surface area contributed by atoms with E-state index < -0.39 is 10.0 Å². The van der Waals surface area contributed by atoms with Gasteiger partial charge in [-0.2, -0.15) is 0 Å². The number of hydrogen-bond acceptors (Lipinski definition) is 4. The van der Waals surface area contributed by atoms with Gasteiger partial charge in [0.1, 0.15) is 4.21 Å². The largest absolute Gasteiger partial charge is 0.338 e. The minimum absolute atomic E-state index is 0.0810. The molecule has 2 rings (SSSR count). The zero-order valence-corrected chi connectivity index (χ0v) is 14.5. The molecule has 4 N–H and O–H groups in total. The van der Waals surface area contributed by atoms with Crippen LogP contribution >= 0.6 is 22.9 Å². The van der Waals surface area contributed by atoms with Crippen molar-refractivity contribution in [1.29, 1.82) is 0 Å². The quantitative estimate of drug-likeness (QED) is 0.722. The Morgan fingerprint density at radius 2 is 1.83 bits per heavy atom. The zero-order chi connectivity index (χ0) is 16.9. The summed E-state index contributed by atoms with van der Waals surface area (Å²) in [6.45, 7) is 0.729. The molecule has 0 saturated carbocycles. The number of urea groups is 1. The van der Waals surface area contributed by atoms with Crippen molar-refractivity contribution in [2.75, 3.05) is 6.54 Å². The van der Waals surface area contributed by atoms with Crippen LogP contribution in [0.4, 0.5) is 4.79 Å². The van der Waals surface area contributed by atoms with Crippen LogP contribution < -0.4 is 15.8 Å². The highest BCUT2D eigenvalue weighted by atomic mass is 35.5. The Labute approximate surface area is 143 Å². The molecular weight excluding hydrogens is 358 g/mol. The lowest BCUT2D eigenvalue weighted by Crippen LogP contribution is -2.36. The summed E-state index contributed by atoms with van der Waals surface area (Å²) in [6.07, 6.45) is 0.694. The SMILES string of the molecule is NS(=O)(=O)c1ccc(CNC(=O)NCCc2ccc(Cl)cc2)s1. The zero-order valence-electron chi connectivity index (χ0n) is 12.1. The van der Waals surface area contributed by atoms with Gasteiger partial charge < -0.3 is 10.6 Å². The summed E-state index contributed by atoms with van der Waals surface area (Å²) in [7, 11) is -3.69. The third kappa shape index (κ3) is 5.83. The fourth-order valence-electron chi connectivity index (χ4n) is 1.81. The topological polar surface area (TPSA) is 101 Å². The minimum Gasteiger partial charge on any atom is -0.338 e. The molecule has 6 nitrogen and oxygen atoms in total. The van der Waals surface area contributed by atoms with Crippen LogP contribution in [0.2, 0.25) is 5.02 Å². The standard InChI is InChI=1S/C14H16ClN3O3S2/c15-11-3-1-10(2-4-11)7-8-17-14(19)18-9-12-5-6-13(22-12)23(16,20)21/h1-6H,7-9H2,(H2,16,20,21)(H2,17,18,19). The Morgan fingerprint density at radius 1 is 1.13 bits per heavy atom. The van der Waals surface area contributed by atoms with Crippen LogP contribution in [0.1, 0.15) is 10.4 Å². The third-order valence-corrected chi connectivity index (χ3v) is 5.73. The molecule has 1 aromatic carbocycles. The molecule has 1 heterocycles. The van der Waals surface area contributed by atoms with Crippen LogP contribution in [0, 0.1) is 0 Å². The van der Waals surface area contributed by atoms with Crippen molar-refractivity contribution in [2.45, 2.75) is 17.2 Å². The Balaban J connectivity index is 1.73. The number of amides is 2. The highest BCUT2D eigenvalue weighted by molar-refractivity contribution is 7.91. The Hall–Kier alpha value is -1.61. The maximum atomic E-state index is 11.7. The third-order valence-electron chi connectivity index (χ3n) is 2.95. The molecule has 2 aromatic rings. The van der Waals surface area contributed by atoms with Crippen molar-refractivity contribution in [2.24, 2.45) is 5.14 Å². The van der Waals surface area contributed by atoms with Crippen molar-refractivity contribution in [3.63, 3.8) is 0 Å². The number of carbonyl (C=O) groups is 1. The minimum atomic E-state index is -3.69. The van der Waals surface area contributed by atoms with Gasteiger partial charge in [-0.15, -0.1) is 11.3 Å². The van der Waals surface area contributed by atoms with Gasteiger partial charge in [-0.05, 0) is 36.2 Å². The highest BCUT2D eigenvalue weighted by Gasteiger charge is 2.11. The summed E-state index contributed by atoms with van der Waals surface area (Å²) >= 11 is 6.84. The fraction of sp³-hybridized carbons (Fsp3) is 0.214. The first-order chi connectivity index (χ1) is 10.8. The van der Waals surface area contributed by atoms with E-state index in [-0.39, 0.29) is 16.8 Å². The average molecular weight is 374 g/mol. The number of nitrogens with one attached hydrogen (secondary N) is 2. The van der Waals surface area contributed by atoms with Crippen molar-refractivity contribution >= 4 is 39.0 Å². The molecule has 0 aliphatic rings. The predicted molar refractivity (Wildman–Crippen MR) is 91.1 cm³/mol. The molecule has 2 amide bonds. The van der Waals surface area contributed by atoms with Crippen molar-refractivity contribution < 1.29 is 13.2 Å². The van der Waals surface area contributed by atoms with E-state index in [1.807, 2.05) is 12.1 Å². The summed E-state index contributed by atoms with van der Waals surface area (Å²) in [4.78, 5) is 12.4. The van der Waals surface area contributed by atoms with E-state index >= 15 is 0 Å². The van der Waals surface area contributed by atoms with Crippen molar-refractivity contribution in [1.82, 2.24) is 10.6 Å². The van der Waals surface area contributed by atoms with E-state index in [4.69, 9.17) is 16.7 Å². The van der Waals surface area contributed by atoms with E-state index in [0.29, 0.717) is 22.9 Å². The summed E-state index contributed by atoms with van der Waals surface area (Å²) in [5.74, 6) is 0.